The Hall–Kier alpha value is -3.27. The molecule has 0 spiro atoms. The first-order valence-corrected chi connectivity index (χ1v) is 14.9. The van der Waals surface area contributed by atoms with E-state index in [2.05, 4.69) is 5.32 Å². The van der Waals surface area contributed by atoms with Crippen LogP contribution < -0.4 is 14.4 Å². The minimum Gasteiger partial charge on any atom is -0.497 e. The lowest BCUT2D eigenvalue weighted by Gasteiger charge is -2.32. The van der Waals surface area contributed by atoms with Gasteiger partial charge in [-0.15, -0.1) is 0 Å². The SMILES string of the molecule is CCCNC(=O)[C@@H](C)N(Cc1ccc(Cl)cc1Cl)C(=O)CN(c1ccc(C)cc1)S(=O)(=O)c1ccc(OC)cc1. The minimum atomic E-state index is -4.18. The third kappa shape index (κ3) is 7.68. The Bertz CT molecular complexity index is 1430. The maximum atomic E-state index is 13.9. The van der Waals surface area contributed by atoms with Gasteiger partial charge in [-0.2, -0.15) is 0 Å². The van der Waals surface area contributed by atoms with Crippen LogP contribution in [-0.4, -0.2) is 51.4 Å². The van der Waals surface area contributed by atoms with Crippen LogP contribution in [-0.2, 0) is 26.2 Å². The minimum absolute atomic E-state index is 0.0114. The fourth-order valence-corrected chi connectivity index (χ4v) is 5.81. The number of aryl methyl sites for hydroxylation is 1. The Labute approximate surface area is 245 Å². The molecule has 0 unspecified atom stereocenters. The average Bonchev–Trinajstić information content (AvgIpc) is 2.94. The third-order valence-electron chi connectivity index (χ3n) is 6.32. The molecule has 0 bridgehead atoms. The van der Waals surface area contributed by atoms with Gasteiger partial charge < -0.3 is 15.0 Å². The molecule has 0 aliphatic rings. The Balaban J connectivity index is 2.03. The van der Waals surface area contributed by atoms with E-state index >= 15 is 0 Å². The van der Waals surface area contributed by atoms with E-state index < -0.39 is 28.5 Å². The van der Waals surface area contributed by atoms with E-state index in [9.17, 15) is 18.0 Å². The molecule has 3 aromatic carbocycles. The number of methoxy groups -OCH3 is 1. The van der Waals surface area contributed by atoms with Gasteiger partial charge >= 0.3 is 0 Å². The molecule has 1 atom stereocenters. The van der Waals surface area contributed by atoms with Gasteiger partial charge in [0, 0.05) is 23.1 Å². The van der Waals surface area contributed by atoms with Crippen molar-refractivity contribution in [3.05, 3.63) is 87.9 Å². The molecule has 0 aliphatic carbocycles. The van der Waals surface area contributed by atoms with Gasteiger partial charge in [0.2, 0.25) is 11.8 Å². The van der Waals surface area contributed by atoms with Gasteiger partial charge in [0.05, 0.1) is 17.7 Å². The number of anilines is 1. The molecule has 1 N–H and O–H groups in total. The van der Waals surface area contributed by atoms with Gasteiger partial charge in [-0.1, -0.05) is 53.9 Å². The van der Waals surface area contributed by atoms with Crippen molar-refractivity contribution in [2.24, 2.45) is 0 Å². The first-order chi connectivity index (χ1) is 19.0. The molecular weight excluding hydrogens is 573 g/mol. The topological polar surface area (TPSA) is 96.0 Å². The van der Waals surface area contributed by atoms with Crippen molar-refractivity contribution >= 4 is 50.7 Å². The van der Waals surface area contributed by atoms with Crippen LogP contribution in [0.5, 0.6) is 5.75 Å². The van der Waals surface area contributed by atoms with Crippen molar-refractivity contribution in [3.63, 3.8) is 0 Å². The first-order valence-electron chi connectivity index (χ1n) is 12.7. The monoisotopic (exact) mass is 605 g/mol. The predicted octanol–water partition coefficient (Wildman–Crippen LogP) is 5.45. The number of sulfonamides is 1. The maximum absolute atomic E-state index is 13.9. The zero-order chi connectivity index (χ0) is 29.4. The van der Waals surface area contributed by atoms with Crippen LogP contribution in [0.15, 0.2) is 71.6 Å². The number of amides is 2. The summed E-state index contributed by atoms with van der Waals surface area (Å²) in [5.41, 5.74) is 1.80. The summed E-state index contributed by atoms with van der Waals surface area (Å²) in [6.07, 6.45) is 0.719. The van der Waals surface area contributed by atoms with Crippen LogP contribution in [0.3, 0.4) is 0 Å². The number of nitrogens with zero attached hydrogens (tertiary/aromatic N) is 2. The van der Waals surface area contributed by atoms with Crippen LogP contribution in [0.25, 0.3) is 0 Å². The number of hydrogen-bond acceptors (Lipinski definition) is 5. The molecule has 3 rings (SSSR count). The Morgan fingerprint density at radius 2 is 1.65 bits per heavy atom. The number of carbonyl (C=O) groups excluding carboxylic acids is 2. The Morgan fingerprint density at radius 1 is 1.00 bits per heavy atom. The van der Waals surface area contributed by atoms with Crippen molar-refractivity contribution in [3.8, 4) is 5.75 Å². The van der Waals surface area contributed by atoms with E-state index in [1.807, 2.05) is 13.8 Å². The summed E-state index contributed by atoms with van der Waals surface area (Å²) in [6.45, 7) is 5.26. The lowest BCUT2D eigenvalue weighted by atomic mass is 10.1. The maximum Gasteiger partial charge on any atom is 0.264 e. The van der Waals surface area contributed by atoms with E-state index in [1.165, 1.54) is 36.3 Å². The van der Waals surface area contributed by atoms with E-state index in [1.54, 1.807) is 49.4 Å². The molecule has 0 saturated carbocycles. The molecule has 0 fully saturated rings. The fourth-order valence-electron chi connectivity index (χ4n) is 3.93. The summed E-state index contributed by atoms with van der Waals surface area (Å²) >= 11 is 12.5. The molecule has 0 saturated heterocycles. The zero-order valence-electron chi connectivity index (χ0n) is 22.9. The number of nitrogens with one attached hydrogen (secondary N) is 1. The molecule has 0 radical (unpaired) electrons. The number of hydrogen-bond donors (Lipinski definition) is 1. The molecule has 2 amide bonds. The highest BCUT2D eigenvalue weighted by Gasteiger charge is 2.32. The molecule has 11 heteroatoms. The fraction of sp³-hybridized carbons (Fsp3) is 0.310. The van der Waals surface area contributed by atoms with Gasteiger partial charge in [0.1, 0.15) is 18.3 Å². The van der Waals surface area contributed by atoms with Crippen molar-refractivity contribution < 1.29 is 22.7 Å². The molecule has 3 aromatic rings. The number of rotatable bonds is 12. The normalized spacial score (nSPS) is 11.9. The second-order valence-corrected chi connectivity index (χ2v) is 12.0. The van der Waals surface area contributed by atoms with E-state index in [4.69, 9.17) is 27.9 Å². The zero-order valence-corrected chi connectivity index (χ0v) is 25.2. The molecule has 0 aromatic heterocycles. The highest BCUT2D eigenvalue weighted by molar-refractivity contribution is 7.92. The van der Waals surface area contributed by atoms with E-state index in [0.29, 0.717) is 33.6 Å². The molecular formula is C29H33Cl2N3O5S. The summed E-state index contributed by atoms with van der Waals surface area (Å²) in [5.74, 6) is -0.446. The quantitative estimate of drug-likeness (QED) is 0.296. The third-order valence-corrected chi connectivity index (χ3v) is 8.70. The van der Waals surface area contributed by atoms with E-state index in [-0.39, 0.29) is 17.3 Å². The highest BCUT2D eigenvalue weighted by Crippen LogP contribution is 2.27. The van der Waals surface area contributed by atoms with Gasteiger partial charge in [0.25, 0.3) is 10.0 Å². The average molecular weight is 607 g/mol. The lowest BCUT2D eigenvalue weighted by Crippen LogP contribution is -2.51. The Kier molecular flexibility index (Phi) is 10.8. The van der Waals surface area contributed by atoms with Gasteiger partial charge in [-0.25, -0.2) is 8.42 Å². The van der Waals surface area contributed by atoms with Crippen LogP contribution in [0.4, 0.5) is 5.69 Å². The van der Waals surface area contributed by atoms with Crippen LogP contribution >= 0.6 is 23.2 Å². The van der Waals surface area contributed by atoms with E-state index in [0.717, 1.165) is 16.3 Å². The van der Waals surface area contributed by atoms with Gasteiger partial charge in [-0.05, 0) is 74.4 Å². The smallest absolute Gasteiger partial charge is 0.264 e. The van der Waals surface area contributed by atoms with Crippen LogP contribution in [0.2, 0.25) is 10.0 Å². The molecule has 214 valence electrons. The second kappa shape index (κ2) is 13.9. The number of halogens is 2. The molecule has 0 heterocycles. The summed E-state index contributed by atoms with van der Waals surface area (Å²) in [4.78, 5) is 28.2. The van der Waals surface area contributed by atoms with Crippen molar-refractivity contribution in [1.82, 2.24) is 10.2 Å². The van der Waals surface area contributed by atoms with Crippen LogP contribution in [0.1, 0.15) is 31.4 Å². The first kappa shape index (κ1) is 31.3. The molecule has 8 nitrogen and oxygen atoms in total. The predicted molar refractivity (Wildman–Crippen MR) is 158 cm³/mol. The van der Waals surface area contributed by atoms with Crippen molar-refractivity contribution in [1.29, 1.82) is 0 Å². The van der Waals surface area contributed by atoms with Gasteiger partial charge in [0.15, 0.2) is 0 Å². The standard InChI is InChI=1S/C29H33Cl2N3O5S/c1-5-16-32-29(36)21(3)33(18-22-8-9-23(30)17-27(22)31)28(35)19-34(24-10-6-20(2)7-11-24)40(37,38)26-14-12-25(39-4)13-15-26/h6-15,17,21H,5,16,18-19H2,1-4H3,(H,32,36)/t21-/m1/s1. The second-order valence-electron chi connectivity index (χ2n) is 9.25. The summed E-state index contributed by atoms with van der Waals surface area (Å²) in [7, 11) is -2.69. The van der Waals surface area contributed by atoms with Crippen LogP contribution in [0, 0.1) is 6.92 Å². The number of ether oxygens (including phenoxy) is 1. The van der Waals surface area contributed by atoms with Crippen molar-refractivity contribution in [2.45, 2.75) is 44.7 Å². The largest absolute Gasteiger partial charge is 0.497 e. The molecule has 40 heavy (non-hydrogen) atoms. The summed E-state index contributed by atoms with van der Waals surface area (Å²) < 4.78 is 33.9. The molecule has 0 aliphatic heterocycles. The highest BCUT2D eigenvalue weighted by atomic mass is 35.5. The summed E-state index contributed by atoms with van der Waals surface area (Å²) in [5, 5.41) is 3.56. The number of carbonyl (C=O) groups is 2. The van der Waals surface area contributed by atoms with Gasteiger partial charge in [-0.3, -0.25) is 13.9 Å². The van der Waals surface area contributed by atoms with Crippen molar-refractivity contribution in [2.75, 3.05) is 24.5 Å². The lowest BCUT2D eigenvalue weighted by molar-refractivity contribution is -0.139. The summed E-state index contributed by atoms with van der Waals surface area (Å²) in [6, 6.07) is 16.7. The Morgan fingerprint density at radius 3 is 2.23 bits per heavy atom. The number of benzene rings is 3.